The van der Waals surface area contributed by atoms with Crippen molar-refractivity contribution in [2.45, 2.75) is 50.7 Å². The molecular weight excluding hydrogens is 184 g/mol. The second-order valence-electron chi connectivity index (χ2n) is 4.15. The van der Waals surface area contributed by atoms with Crippen LogP contribution in [0.15, 0.2) is 12.7 Å². The molecule has 0 aromatic heterocycles. The molecule has 2 aliphatic rings. The highest BCUT2D eigenvalue weighted by Crippen LogP contribution is 2.38. The van der Waals surface area contributed by atoms with Crippen LogP contribution in [0.4, 0.5) is 0 Å². The van der Waals surface area contributed by atoms with Gasteiger partial charge in [-0.25, -0.2) is 0 Å². The molecule has 0 amide bonds. The van der Waals surface area contributed by atoms with Gasteiger partial charge in [0.1, 0.15) is 12.2 Å². The van der Waals surface area contributed by atoms with Crippen molar-refractivity contribution in [3.63, 3.8) is 0 Å². The maximum Gasteiger partial charge on any atom is 0.184 e. The van der Waals surface area contributed by atoms with E-state index in [1.807, 2.05) is 13.8 Å². The van der Waals surface area contributed by atoms with Crippen molar-refractivity contribution in [3.8, 4) is 0 Å². The Morgan fingerprint density at radius 3 is 2.64 bits per heavy atom. The topological polar surface area (TPSA) is 47.9 Å². The first-order valence-corrected chi connectivity index (χ1v) is 4.83. The summed E-state index contributed by atoms with van der Waals surface area (Å²) >= 11 is 0. The number of hydrogen-bond acceptors (Lipinski definition) is 4. The van der Waals surface area contributed by atoms with Crippen molar-refractivity contribution >= 4 is 0 Å². The standard InChI is InChI=1S/C10H16O4/c1-4-5-6-7-8(9(11)12-6)14-10(2,3)13-7/h4,6-9,11H,1,5H2,2-3H3/t6-,7+,8+,9?/m1/s1. The zero-order valence-corrected chi connectivity index (χ0v) is 8.47. The molecule has 4 heteroatoms. The molecule has 14 heavy (non-hydrogen) atoms. The molecule has 2 saturated heterocycles. The highest BCUT2D eigenvalue weighted by atomic mass is 16.8. The molecular formula is C10H16O4. The van der Waals surface area contributed by atoms with E-state index in [-0.39, 0.29) is 18.3 Å². The predicted molar refractivity (Wildman–Crippen MR) is 49.5 cm³/mol. The highest BCUT2D eigenvalue weighted by molar-refractivity contribution is 4.96. The third kappa shape index (κ3) is 1.59. The van der Waals surface area contributed by atoms with Crippen molar-refractivity contribution in [1.82, 2.24) is 0 Å². The Bertz CT molecular complexity index is 238. The molecule has 2 heterocycles. The fraction of sp³-hybridized carbons (Fsp3) is 0.800. The van der Waals surface area contributed by atoms with Crippen LogP contribution in [-0.2, 0) is 14.2 Å². The lowest BCUT2D eigenvalue weighted by Gasteiger charge is -2.21. The predicted octanol–water partition coefficient (Wildman–Crippen LogP) is 0.800. The second kappa shape index (κ2) is 3.31. The first kappa shape index (κ1) is 10.1. The number of rotatable bonds is 2. The van der Waals surface area contributed by atoms with Crippen LogP contribution in [0, 0.1) is 0 Å². The van der Waals surface area contributed by atoms with Crippen molar-refractivity contribution < 1.29 is 19.3 Å². The van der Waals surface area contributed by atoms with Crippen LogP contribution in [0.1, 0.15) is 20.3 Å². The summed E-state index contributed by atoms with van der Waals surface area (Å²) in [5.74, 6) is -0.625. The Morgan fingerprint density at radius 1 is 1.36 bits per heavy atom. The lowest BCUT2D eigenvalue weighted by atomic mass is 10.1. The minimum Gasteiger partial charge on any atom is -0.366 e. The summed E-state index contributed by atoms with van der Waals surface area (Å²) in [7, 11) is 0. The van der Waals surface area contributed by atoms with Gasteiger partial charge in [0.05, 0.1) is 6.10 Å². The van der Waals surface area contributed by atoms with E-state index in [0.717, 1.165) is 0 Å². The SMILES string of the molecule is C=CC[C@H]1OC(O)[C@H]2OC(C)(C)O[C@H]21. The first-order valence-electron chi connectivity index (χ1n) is 4.83. The fourth-order valence-electron chi connectivity index (χ4n) is 2.01. The molecule has 4 atom stereocenters. The molecule has 0 aliphatic carbocycles. The van der Waals surface area contributed by atoms with Gasteiger partial charge in [-0.3, -0.25) is 0 Å². The van der Waals surface area contributed by atoms with Crippen LogP contribution in [0.2, 0.25) is 0 Å². The quantitative estimate of drug-likeness (QED) is 0.670. The van der Waals surface area contributed by atoms with E-state index in [1.165, 1.54) is 0 Å². The Labute approximate surface area is 83.5 Å². The third-order valence-corrected chi connectivity index (χ3v) is 2.52. The van der Waals surface area contributed by atoms with Gasteiger partial charge < -0.3 is 19.3 Å². The molecule has 0 bridgehead atoms. The van der Waals surface area contributed by atoms with Crippen molar-refractivity contribution in [3.05, 3.63) is 12.7 Å². The summed E-state index contributed by atoms with van der Waals surface area (Å²) < 4.78 is 16.5. The molecule has 1 N–H and O–H groups in total. The summed E-state index contributed by atoms with van der Waals surface area (Å²) in [6.07, 6.45) is 0.848. The Kier molecular flexibility index (Phi) is 2.39. The van der Waals surface area contributed by atoms with Gasteiger partial charge in [-0.15, -0.1) is 6.58 Å². The van der Waals surface area contributed by atoms with E-state index in [2.05, 4.69) is 6.58 Å². The molecule has 2 rings (SSSR count). The monoisotopic (exact) mass is 200 g/mol. The minimum atomic E-state index is -0.883. The molecule has 0 saturated carbocycles. The summed E-state index contributed by atoms with van der Waals surface area (Å²) in [6, 6.07) is 0. The van der Waals surface area contributed by atoms with Crippen molar-refractivity contribution in [2.24, 2.45) is 0 Å². The number of ether oxygens (including phenoxy) is 3. The average Bonchev–Trinajstić information content (AvgIpc) is 2.51. The maximum atomic E-state index is 9.57. The second-order valence-corrected chi connectivity index (χ2v) is 4.15. The van der Waals surface area contributed by atoms with Gasteiger partial charge in [-0.1, -0.05) is 6.08 Å². The normalized spacial score (nSPS) is 45.1. The van der Waals surface area contributed by atoms with E-state index < -0.39 is 12.1 Å². The van der Waals surface area contributed by atoms with E-state index >= 15 is 0 Å². The highest BCUT2D eigenvalue weighted by Gasteiger charge is 2.54. The van der Waals surface area contributed by atoms with Gasteiger partial charge >= 0.3 is 0 Å². The molecule has 0 radical (unpaired) electrons. The van der Waals surface area contributed by atoms with Crippen LogP contribution in [0.25, 0.3) is 0 Å². The van der Waals surface area contributed by atoms with Gasteiger partial charge in [0.15, 0.2) is 12.1 Å². The summed E-state index contributed by atoms with van der Waals surface area (Å²) in [6.45, 7) is 7.31. The zero-order chi connectivity index (χ0) is 10.3. The van der Waals surface area contributed by atoms with E-state index in [9.17, 15) is 5.11 Å². The number of hydrogen-bond donors (Lipinski definition) is 1. The Balaban J connectivity index is 2.10. The average molecular weight is 200 g/mol. The number of fused-ring (bicyclic) bond motifs is 1. The number of aliphatic hydroxyl groups is 1. The molecule has 4 nitrogen and oxygen atoms in total. The zero-order valence-electron chi connectivity index (χ0n) is 8.47. The van der Waals surface area contributed by atoms with Crippen LogP contribution in [-0.4, -0.2) is 35.5 Å². The lowest BCUT2D eigenvalue weighted by molar-refractivity contribution is -0.219. The maximum absolute atomic E-state index is 9.57. The smallest absolute Gasteiger partial charge is 0.184 e. The summed E-state index contributed by atoms with van der Waals surface area (Å²) in [5, 5.41) is 9.57. The minimum absolute atomic E-state index is 0.144. The molecule has 0 aromatic carbocycles. The molecule has 2 aliphatic heterocycles. The van der Waals surface area contributed by atoms with Crippen LogP contribution in [0.5, 0.6) is 0 Å². The van der Waals surface area contributed by atoms with Gasteiger partial charge in [-0.2, -0.15) is 0 Å². The van der Waals surface area contributed by atoms with Crippen molar-refractivity contribution in [2.75, 3.05) is 0 Å². The van der Waals surface area contributed by atoms with Gasteiger partial charge in [-0.05, 0) is 20.3 Å². The molecule has 2 fully saturated rings. The molecule has 0 spiro atoms. The Morgan fingerprint density at radius 2 is 2.00 bits per heavy atom. The number of aliphatic hydroxyl groups excluding tert-OH is 1. The van der Waals surface area contributed by atoms with E-state index in [0.29, 0.717) is 6.42 Å². The Hall–Kier alpha value is -0.420. The van der Waals surface area contributed by atoms with Gasteiger partial charge in [0.25, 0.3) is 0 Å². The van der Waals surface area contributed by atoms with Gasteiger partial charge in [0.2, 0.25) is 0 Å². The summed E-state index contributed by atoms with van der Waals surface area (Å²) in [5.41, 5.74) is 0. The van der Waals surface area contributed by atoms with Crippen LogP contribution < -0.4 is 0 Å². The van der Waals surface area contributed by atoms with Crippen LogP contribution in [0.3, 0.4) is 0 Å². The fourth-order valence-corrected chi connectivity index (χ4v) is 2.01. The largest absolute Gasteiger partial charge is 0.366 e. The summed E-state index contributed by atoms with van der Waals surface area (Å²) in [4.78, 5) is 0. The lowest BCUT2D eigenvalue weighted by Crippen LogP contribution is -2.29. The van der Waals surface area contributed by atoms with Gasteiger partial charge in [0, 0.05) is 0 Å². The van der Waals surface area contributed by atoms with E-state index in [4.69, 9.17) is 14.2 Å². The van der Waals surface area contributed by atoms with Crippen molar-refractivity contribution in [1.29, 1.82) is 0 Å². The first-order chi connectivity index (χ1) is 6.53. The molecule has 80 valence electrons. The molecule has 1 unspecified atom stereocenters. The third-order valence-electron chi connectivity index (χ3n) is 2.52. The molecule has 0 aromatic rings. The van der Waals surface area contributed by atoms with Crippen LogP contribution >= 0.6 is 0 Å². The van der Waals surface area contributed by atoms with E-state index in [1.54, 1.807) is 6.08 Å².